The van der Waals surface area contributed by atoms with E-state index in [0.29, 0.717) is 13.1 Å². The maximum Gasteiger partial charge on any atom is 0.225 e. The summed E-state index contributed by atoms with van der Waals surface area (Å²) in [6.07, 6.45) is 1.42. The van der Waals surface area contributed by atoms with Crippen molar-refractivity contribution in [2.45, 2.75) is 26.8 Å². The first-order chi connectivity index (χ1) is 8.77. The molecule has 1 amide bonds. The van der Waals surface area contributed by atoms with Crippen LogP contribution in [-0.4, -0.2) is 30.0 Å². The summed E-state index contributed by atoms with van der Waals surface area (Å²) in [4.78, 5) is 17.5. The van der Waals surface area contributed by atoms with Crippen LogP contribution >= 0.6 is 11.6 Å². The largest absolute Gasteiger partial charge is 0.350 e. The summed E-state index contributed by atoms with van der Waals surface area (Å²) in [7, 11) is 0. The van der Waals surface area contributed by atoms with Gasteiger partial charge in [-0.2, -0.15) is 0 Å². The Morgan fingerprint density at radius 2 is 2.16 bits per heavy atom. The molecular weight excluding hydrogens is 269 g/mol. The second-order valence-electron chi connectivity index (χ2n) is 5.78. The van der Waals surface area contributed by atoms with E-state index in [9.17, 15) is 9.18 Å². The first-order valence-corrected chi connectivity index (χ1v) is 6.52. The van der Waals surface area contributed by atoms with E-state index in [1.165, 1.54) is 12.3 Å². The lowest BCUT2D eigenvalue weighted by Crippen LogP contribution is -2.61. The lowest BCUT2D eigenvalue weighted by Gasteiger charge is -2.41. The molecule has 6 heteroatoms. The SMILES string of the molecule is CC(C)(C)C(=O)NC1CN(c2ncc(Cl)cc2F)C1. The molecule has 19 heavy (non-hydrogen) atoms. The Morgan fingerprint density at radius 3 is 2.68 bits per heavy atom. The molecule has 0 spiro atoms. The van der Waals surface area contributed by atoms with Gasteiger partial charge in [-0.25, -0.2) is 9.37 Å². The molecule has 0 aromatic carbocycles. The molecule has 1 fully saturated rings. The highest BCUT2D eigenvalue weighted by Crippen LogP contribution is 2.24. The molecule has 2 heterocycles. The standard InChI is InChI=1S/C13H17ClFN3O/c1-13(2,3)12(19)17-9-6-18(7-9)11-10(15)4-8(14)5-16-11/h4-5,9H,6-7H2,1-3H3,(H,17,19). The van der Waals surface area contributed by atoms with Gasteiger partial charge in [0.25, 0.3) is 0 Å². The fourth-order valence-corrected chi connectivity index (χ4v) is 1.93. The molecule has 0 radical (unpaired) electrons. The number of aromatic nitrogens is 1. The van der Waals surface area contributed by atoms with E-state index >= 15 is 0 Å². The van der Waals surface area contributed by atoms with Gasteiger partial charge in [0.1, 0.15) is 0 Å². The number of amides is 1. The Balaban J connectivity index is 1.91. The third-order valence-corrected chi connectivity index (χ3v) is 3.19. The highest BCUT2D eigenvalue weighted by molar-refractivity contribution is 6.30. The highest BCUT2D eigenvalue weighted by Gasteiger charge is 2.33. The highest BCUT2D eigenvalue weighted by atomic mass is 35.5. The quantitative estimate of drug-likeness (QED) is 0.906. The van der Waals surface area contributed by atoms with Crippen LogP contribution < -0.4 is 10.2 Å². The van der Waals surface area contributed by atoms with Crippen molar-refractivity contribution < 1.29 is 9.18 Å². The minimum absolute atomic E-state index is 0.00156. The molecule has 4 nitrogen and oxygen atoms in total. The van der Waals surface area contributed by atoms with Gasteiger partial charge < -0.3 is 10.2 Å². The Kier molecular flexibility index (Phi) is 3.67. The molecule has 1 aliphatic rings. The molecular formula is C13H17ClFN3O. The summed E-state index contributed by atoms with van der Waals surface area (Å²) in [5.41, 5.74) is -0.413. The predicted molar refractivity (Wildman–Crippen MR) is 72.8 cm³/mol. The van der Waals surface area contributed by atoms with Crippen LogP contribution in [0, 0.1) is 11.2 Å². The van der Waals surface area contributed by atoms with Crippen LogP contribution in [0.4, 0.5) is 10.2 Å². The maximum atomic E-state index is 13.6. The lowest BCUT2D eigenvalue weighted by molar-refractivity contribution is -0.129. The Bertz CT molecular complexity index is 495. The number of rotatable bonds is 2. The molecule has 0 aliphatic carbocycles. The van der Waals surface area contributed by atoms with Crippen LogP contribution in [0.2, 0.25) is 5.02 Å². The molecule has 2 rings (SSSR count). The zero-order valence-electron chi connectivity index (χ0n) is 11.2. The Morgan fingerprint density at radius 1 is 1.53 bits per heavy atom. The Hall–Kier alpha value is -1.36. The number of hydrogen-bond donors (Lipinski definition) is 1. The number of halogens is 2. The molecule has 1 aromatic heterocycles. The number of pyridine rings is 1. The van der Waals surface area contributed by atoms with Gasteiger partial charge >= 0.3 is 0 Å². The number of carbonyl (C=O) groups excluding carboxylic acids is 1. The fourth-order valence-electron chi connectivity index (χ4n) is 1.78. The molecule has 0 unspecified atom stereocenters. The summed E-state index contributed by atoms with van der Waals surface area (Å²) < 4.78 is 13.6. The van der Waals surface area contributed by atoms with Crippen LogP contribution in [0.5, 0.6) is 0 Å². The minimum Gasteiger partial charge on any atom is -0.350 e. The molecule has 1 aromatic rings. The van der Waals surface area contributed by atoms with Gasteiger partial charge in [0, 0.05) is 24.7 Å². The van der Waals surface area contributed by atoms with E-state index in [4.69, 9.17) is 11.6 Å². The third-order valence-electron chi connectivity index (χ3n) is 2.99. The molecule has 1 N–H and O–H groups in total. The van der Waals surface area contributed by atoms with Crippen molar-refractivity contribution in [1.29, 1.82) is 0 Å². The van der Waals surface area contributed by atoms with Crippen molar-refractivity contribution in [3.63, 3.8) is 0 Å². The van der Waals surface area contributed by atoms with Gasteiger partial charge in [-0.1, -0.05) is 32.4 Å². The summed E-state index contributed by atoms with van der Waals surface area (Å²) >= 11 is 5.65. The number of anilines is 1. The molecule has 1 saturated heterocycles. The zero-order chi connectivity index (χ0) is 14.2. The summed E-state index contributed by atoms with van der Waals surface area (Å²) in [5.74, 6) is -0.152. The minimum atomic E-state index is -0.437. The van der Waals surface area contributed by atoms with E-state index in [1.54, 1.807) is 4.90 Å². The second kappa shape index (κ2) is 4.96. The topological polar surface area (TPSA) is 45.2 Å². The monoisotopic (exact) mass is 285 g/mol. The van der Waals surface area contributed by atoms with E-state index < -0.39 is 11.2 Å². The van der Waals surface area contributed by atoms with Crippen LogP contribution in [0.25, 0.3) is 0 Å². The van der Waals surface area contributed by atoms with Crippen molar-refractivity contribution in [3.05, 3.63) is 23.1 Å². The summed E-state index contributed by atoms with van der Waals surface area (Å²) in [5, 5.41) is 3.21. The first kappa shape index (κ1) is 14.1. The first-order valence-electron chi connectivity index (χ1n) is 6.14. The average molecular weight is 286 g/mol. The van der Waals surface area contributed by atoms with E-state index in [-0.39, 0.29) is 22.8 Å². The third kappa shape index (κ3) is 3.15. The van der Waals surface area contributed by atoms with Crippen LogP contribution in [0.15, 0.2) is 12.3 Å². The smallest absolute Gasteiger partial charge is 0.225 e. The van der Waals surface area contributed by atoms with Crippen LogP contribution in [0.3, 0.4) is 0 Å². The van der Waals surface area contributed by atoms with Crippen LogP contribution in [-0.2, 0) is 4.79 Å². The predicted octanol–water partition coefficient (Wildman–Crippen LogP) is 2.22. The van der Waals surface area contributed by atoms with Gasteiger partial charge in [0.05, 0.1) is 11.1 Å². The maximum absolute atomic E-state index is 13.6. The molecule has 1 aliphatic heterocycles. The fraction of sp³-hybridized carbons (Fsp3) is 0.538. The number of carbonyl (C=O) groups is 1. The van der Waals surface area contributed by atoms with Crippen molar-refractivity contribution >= 4 is 23.3 Å². The van der Waals surface area contributed by atoms with E-state index in [0.717, 1.165) is 0 Å². The van der Waals surface area contributed by atoms with Gasteiger partial charge in [-0.05, 0) is 6.07 Å². The molecule has 0 saturated carbocycles. The molecule has 0 bridgehead atoms. The van der Waals surface area contributed by atoms with Gasteiger partial charge in [-0.3, -0.25) is 4.79 Å². The van der Waals surface area contributed by atoms with Crippen LogP contribution in [0.1, 0.15) is 20.8 Å². The van der Waals surface area contributed by atoms with Gasteiger partial charge in [-0.15, -0.1) is 0 Å². The number of nitrogens with one attached hydrogen (secondary N) is 1. The number of nitrogens with zero attached hydrogens (tertiary/aromatic N) is 2. The normalized spacial score (nSPS) is 16.2. The van der Waals surface area contributed by atoms with Crippen molar-refractivity contribution in [2.24, 2.45) is 5.41 Å². The van der Waals surface area contributed by atoms with Gasteiger partial charge in [0.2, 0.25) is 5.91 Å². The molecule has 104 valence electrons. The summed E-state index contributed by atoms with van der Waals surface area (Å²) in [6, 6.07) is 1.29. The molecule has 0 atom stereocenters. The zero-order valence-corrected chi connectivity index (χ0v) is 12.0. The lowest BCUT2D eigenvalue weighted by atomic mass is 9.94. The van der Waals surface area contributed by atoms with Gasteiger partial charge in [0.15, 0.2) is 11.6 Å². The van der Waals surface area contributed by atoms with Crippen molar-refractivity contribution in [3.8, 4) is 0 Å². The van der Waals surface area contributed by atoms with E-state index in [1.807, 2.05) is 20.8 Å². The van der Waals surface area contributed by atoms with Crippen molar-refractivity contribution in [1.82, 2.24) is 10.3 Å². The summed E-state index contributed by atoms with van der Waals surface area (Å²) in [6.45, 7) is 6.71. The Labute approximate surface area is 117 Å². The number of hydrogen-bond acceptors (Lipinski definition) is 3. The van der Waals surface area contributed by atoms with Crippen molar-refractivity contribution in [2.75, 3.05) is 18.0 Å². The second-order valence-corrected chi connectivity index (χ2v) is 6.22. The van der Waals surface area contributed by atoms with E-state index in [2.05, 4.69) is 10.3 Å². The average Bonchev–Trinajstić information content (AvgIpc) is 2.22.